The van der Waals surface area contributed by atoms with Crippen molar-refractivity contribution in [1.29, 1.82) is 0 Å². The van der Waals surface area contributed by atoms with Gasteiger partial charge in [0.25, 0.3) is 0 Å². The van der Waals surface area contributed by atoms with Gasteiger partial charge in [-0.2, -0.15) is 0 Å². The number of morpholine rings is 1. The van der Waals surface area contributed by atoms with E-state index in [1.165, 1.54) is 0 Å². The van der Waals surface area contributed by atoms with Gasteiger partial charge in [0.2, 0.25) is 0 Å². The first-order valence-electron chi connectivity index (χ1n) is 5.09. The molecule has 0 saturated carbocycles. The number of hydrogen-bond donors (Lipinski definition) is 1. The Balaban J connectivity index is 2.31. The van der Waals surface area contributed by atoms with E-state index < -0.39 is 11.6 Å². The van der Waals surface area contributed by atoms with Gasteiger partial charge < -0.3 is 15.0 Å². The number of rotatable bonds is 2. The molecule has 16 heavy (non-hydrogen) atoms. The summed E-state index contributed by atoms with van der Waals surface area (Å²) in [5, 5.41) is 2.59. The first-order valence-corrected chi connectivity index (χ1v) is 5.09. The number of halogens is 2. The molecule has 2 rings (SSSR count). The Labute approximate surface area is 92.2 Å². The molecule has 6 heteroatoms. The molecule has 1 saturated heterocycles. The van der Waals surface area contributed by atoms with E-state index in [1.807, 2.05) is 0 Å². The number of nitrogens with zero attached hydrogens (tertiary/aromatic N) is 2. The number of pyridine rings is 1. The molecular formula is C10H13F2N3O. The third-order valence-corrected chi connectivity index (χ3v) is 2.46. The molecule has 1 N–H and O–H groups in total. The Morgan fingerprint density at radius 2 is 2.00 bits per heavy atom. The molecule has 1 fully saturated rings. The lowest BCUT2D eigenvalue weighted by Crippen LogP contribution is -2.37. The Morgan fingerprint density at radius 3 is 2.62 bits per heavy atom. The quantitative estimate of drug-likeness (QED) is 0.828. The van der Waals surface area contributed by atoms with E-state index in [9.17, 15) is 8.78 Å². The molecule has 0 bridgehead atoms. The summed E-state index contributed by atoms with van der Waals surface area (Å²) < 4.78 is 31.9. The lowest BCUT2D eigenvalue weighted by Gasteiger charge is -2.28. The first kappa shape index (κ1) is 11.1. The Hall–Kier alpha value is -1.43. The van der Waals surface area contributed by atoms with E-state index in [0.29, 0.717) is 26.3 Å². The standard InChI is InChI=1S/C10H13F2N3O/c1-13-9-7(11)6-8(12)10(14-9)15-2-4-16-5-3-15/h6H,2-5H2,1H3,(H,13,14). The molecule has 2 heterocycles. The molecule has 1 aromatic rings. The van der Waals surface area contributed by atoms with E-state index in [-0.39, 0.29) is 11.6 Å². The highest BCUT2D eigenvalue weighted by Crippen LogP contribution is 2.22. The summed E-state index contributed by atoms with van der Waals surface area (Å²) in [5.41, 5.74) is 0. The second-order valence-corrected chi connectivity index (χ2v) is 3.47. The first-order chi connectivity index (χ1) is 7.72. The van der Waals surface area contributed by atoms with Crippen molar-refractivity contribution in [2.24, 2.45) is 0 Å². The average molecular weight is 229 g/mol. The van der Waals surface area contributed by atoms with Crippen LogP contribution in [0.2, 0.25) is 0 Å². The lowest BCUT2D eigenvalue weighted by atomic mass is 10.3. The van der Waals surface area contributed by atoms with Crippen LogP contribution in [0, 0.1) is 11.6 Å². The number of anilines is 2. The van der Waals surface area contributed by atoms with Gasteiger partial charge in [-0.15, -0.1) is 0 Å². The van der Waals surface area contributed by atoms with Crippen molar-refractivity contribution in [1.82, 2.24) is 4.98 Å². The summed E-state index contributed by atoms with van der Waals surface area (Å²) in [6, 6.07) is 0.851. The number of ether oxygens (including phenoxy) is 1. The van der Waals surface area contributed by atoms with Gasteiger partial charge in [0, 0.05) is 26.2 Å². The predicted octanol–water partition coefficient (Wildman–Crippen LogP) is 1.24. The van der Waals surface area contributed by atoms with Crippen LogP contribution in [0.5, 0.6) is 0 Å². The van der Waals surface area contributed by atoms with Crippen molar-refractivity contribution >= 4 is 11.6 Å². The van der Waals surface area contributed by atoms with Crippen LogP contribution >= 0.6 is 0 Å². The van der Waals surface area contributed by atoms with Crippen LogP contribution < -0.4 is 10.2 Å². The average Bonchev–Trinajstić information content (AvgIpc) is 2.30. The fourth-order valence-electron chi connectivity index (χ4n) is 1.63. The van der Waals surface area contributed by atoms with Crippen LogP contribution in [-0.4, -0.2) is 38.3 Å². The van der Waals surface area contributed by atoms with Gasteiger partial charge in [0.05, 0.1) is 13.2 Å². The van der Waals surface area contributed by atoms with Gasteiger partial charge in [0.15, 0.2) is 23.3 Å². The molecule has 0 atom stereocenters. The molecule has 0 aromatic carbocycles. The Kier molecular flexibility index (Phi) is 3.19. The van der Waals surface area contributed by atoms with Gasteiger partial charge in [-0.25, -0.2) is 13.8 Å². The maximum Gasteiger partial charge on any atom is 0.168 e. The van der Waals surface area contributed by atoms with E-state index in [0.717, 1.165) is 6.07 Å². The summed E-state index contributed by atoms with van der Waals surface area (Å²) in [5.74, 6) is -1.09. The number of aromatic nitrogens is 1. The monoisotopic (exact) mass is 229 g/mol. The second kappa shape index (κ2) is 4.61. The van der Waals surface area contributed by atoms with Crippen molar-refractivity contribution in [2.75, 3.05) is 43.6 Å². The second-order valence-electron chi connectivity index (χ2n) is 3.47. The van der Waals surface area contributed by atoms with Crippen molar-refractivity contribution in [3.8, 4) is 0 Å². The summed E-state index contributed by atoms with van der Waals surface area (Å²) in [7, 11) is 1.55. The number of hydrogen-bond acceptors (Lipinski definition) is 4. The third kappa shape index (κ3) is 2.06. The van der Waals surface area contributed by atoms with Crippen molar-refractivity contribution < 1.29 is 13.5 Å². The third-order valence-electron chi connectivity index (χ3n) is 2.46. The summed E-state index contributed by atoms with van der Waals surface area (Å²) in [6.45, 7) is 2.21. The maximum absolute atomic E-state index is 13.5. The van der Waals surface area contributed by atoms with E-state index >= 15 is 0 Å². The van der Waals surface area contributed by atoms with Crippen LogP contribution in [0.3, 0.4) is 0 Å². The van der Waals surface area contributed by atoms with Gasteiger partial charge in [-0.1, -0.05) is 0 Å². The lowest BCUT2D eigenvalue weighted by molar-refractivity contribution is 0.122. The highest BCUT2D eigenvalue weighted by Gasteiger charge is 2.19. The van der Waals surface area contributed by atoms with Gasteiger partial charge in [-0.05, 0) is 0 Å². The molecule has 0 aliphatic carbocycles. The SMILES string of the molecule is CNc1nc(N2CCOCC2)c(F)cc1F. The number of nitrogens with one attached hydrogen (secondary N) is 1. The molecule has 0 unspecified atom stereocenters. The van der Waals surface area contributed by atoms with Crippen LogP contribution in [-0.2, 0) is 4.74 Å². The Morgan fingerprint density at radius 1 is 1.31 bits per heavy atom. The topological polar surface area (TPSA) is 37.4 Å². The zero-order valence-electron chi connectivity index (χ0n) is 8.96. The fraction of sp³-hybridized carbons (Fsp3) is 0.500. The van der Waals surface area contributed by atoms with Crippen LogP contribution in [0.15, 0.2) is 6.07 Å². The molecule has 88 valence electrons. The molecule has 0 amide bonds. The smallest absolute Gasteiger partial charge is 0.168 e. The predicted molar refractivity (Wildman–Crippen MR) is 56.7 cm³/mol. The highest BCUT2D eigenvalue weighted by atomic mass is 19.1. The van der Waals surface area contributed by atoms with E-state index in [2.05, 4.69) is 10.3 Å². The minimum absolute atomic E-state index is 0.0582. The van der Waals surface area contributed by atoms with Gasteiger partial charge in [0.1, 0.15) is 0 Å². The molecule has 1 aliphatic heterocycles. The van der Waals surface area contributed by atoms with Crippen molar-refractivity contribution in [3.05, 3.63) is 17.7 Å². The zero-order chi connectivity index (χ0) is 11.5. The maximum atomic E-state index is 13.5. The molecule has 4 nitrogen and oxygen atoms in total. The normalized spacial score (nSPS) is 16.3. The van der Waals surface area contributed by atoms with Crippen molar-refractivity contribution in [2.45, 2.75) is 0 Å². The van der Waals surface area contributed by atoms with Gasteiger partial charge in [-0.3, -0.25) is 0 Å². The summed E-state index contributed by atoms with van der Waals surface area (Å²) in [6.07, 6.45) is 0. The summed E-state index contributed by atoms with van der Waals surface area (Å²) >= 11 is 0. The van der Waals surface area contributed by atoms with E-state index in [4.69, 9.17) is 4.74 Å². The molecule has 0 spiro atoms. The zero-order valence-corrected chi connectivity index (χ0v) is 8.96. The molecule has 0 radical (unpaired) electrons. The largest absolute Gasteiger partial charge is 0.378 e. The summed E-state index contributed by atoms with van der Waals surface area (Å²) in [4.78, 5) is 5.67. The van der Waals surface area contributed by atoms with Crippen LogP contribution in [0.4, 0.5) is 20.4 Å². The van der Waals surface area contributed by atoms with Crippen molar-refractivity contribution in [3.63, 3.8) is 0 Å². The Bertz CT molecular complexity index is 381. The van der Waals surface area contributed by atoms with Crippen LogP contribution in [0.1, 0.15) is 0 Å². The molecular weight excluding hydrogens is 216 g/mol. The minimum Gasteiger partial charge on any atom is -0.378 e. The molecule has 1 aliphatic rings. The van der Waals surface area contributed by atoms with E-state index in [1.54, 1.807) is 11.9 Å². The minimum atomic E-state index is -0.683. The fourth-order valence-corrected chi connectivity index (χ4v) is 1.63. The van der Waals surface area contributed by atoms with Crippen LogP contribution in [0.25, 0.3) is 0 Å². The highest BCUT2D eigenvalue weighted by molar-refractivity contribution is 5.49. The van der Waals surface area contributed by atoms with Gasteiger partial charge >= 0.3 is 0 Å². The molecule has 1 aromatic heterocycles.